The second kappa shape index (κ2) is 11.1. The van der Waals surface area contributed by atoms with E-state index in [1.807, 2.05) is 0 Å². The zero-order chi connectivity index (χ0) is 17.2. The molecular weight excluding hydrogens is 294 g/mol. The Balaban J connectivity index is 0. The first kappa shape index (κ1) is 21.7. The van der Waals surface area contributed by atoms with E-state index in [1.165, 1.54) is 0 Å². The molecule has 0 bridgehead atoms. The fourth-order valence-electron chi connectivity index (χ4n) is 0.894. The number of aliphatic hydroxyl groups is 5. The molecule has 0 rings (SSSR count). The quantitative estimate of drug-likeness (QED) is 0.199. The number of nitrogens with two attached hydrogens (primary N) is 1. The van der Waals surface area contributed by atoms with Crippen LogP contribution in [0.2, 0.25) is 0 Å². The zero-order valence-electron chi connectivity index (χ0n) is 10.8. The van der Waals surface area contributed by atoms with Gasteiger partial charge in [-0.25, -0.2) is 0 Å². The van der Waals surface area contributed by atoms with Gasteiger partial charge in [-0.05, 0) is 0 Å². The molecule has 0 aromatic carbocycles. The van der Waals surface area contributed by atoms with E-state index < -0.39 is 55.4 Å². The van der Waals surface area contributed by atoms with E-state index in [2.05, 4.69) is 0 Å². The number of carboxylic acids is 2. The normalized spacial score (nSPS) is 17.4. The smallest absolute Gasteiger partial charge is 0.321 e. The third-order valence-electron chi connectivity index (χ3n) is 2.13. The van der Waals surface area contributed by atoms with E-state index in [0.29, 0.717) is 0 Å². The first-order valence-corrected chi connectivity index (χ1v) is 5.57. The van der Waals surface area contributed by atoms with Crippen LogP contribution in [0.3, 0.4) is 0 Å². The lowest BCUT2D eigenvalue weighted by Gasteiger charge is -2.22. The van der Waals surface area contributed by atoms with Crippen molar-refractivity contribution >= 4 is 18.2 Å². The van der Waals surface area contributed by atoms with Crippen molar-refractivity contribution < 1.29 is 50.1 Å². The second-order valence-electron chi connectivity index (χ2n) is 3.90. The lowest BCUT2D eigenvalue weighted by Crippen LogP contribution is -2.46. The molecule has 0 radical (unpaired) electrons. The van der Waals surface area contributed by atoms with Crippen molar-refractivity contribution in [2.24, 2.45) is 5.73 Å². The molecule has 0 aliphatic heterocycles. The van der Waals surface area contributed by atoms with Gasteiger partial charge in [0.05, 0.1) is 13.0 Å². The number of hydrogen-bond acceptors (Lipinski definition) is 9. The van der Waals surface area contributed by atoms with E-state index in [4.69, 9.17) is 41.5 Å². The van der Waals surface area contributed by atoms with Gasteiger partial charge in [0.1, 0.15) is 30.5 Å². The maximum Gasteiger partial charge on any atom is 0.321 e. The van der Waals surface area contributed by atoms with Crippen LogP contribution >= 0.6 is 0 Å². The van der Waals surface area contributed by atoms with E-state index in [0.717, 1.165) is 0 Å². The topological polar surface area (TPSA) is 219 Å². The van der Waals surface area contributed by atoms with Crippen LogP contribution < -0.4 is 5.73 Å². The van der Waals surface area contributed by atoms with Gasteiger partial charge in [0.15, 0.2) is 6.29 Å². The van der Waals surface area contributed by atoms with Crippen molar-refractivity contribution in [1.29, 1.82) is 0 Å². The number of aldehydes is 1. The summed E-state index contributed by atoms with van der Waals surface area (Å²) < 4.78 is 0. The molecule has 9 N–H and O–H groups in total. The van der Waals surface area contributed by atoms with Crippen LogP contribution in [0.25, 0.3) is 0 Å². The predicted octanol–water partition coefficient (Wildman–Crippen LogP) is -4.51. The Bertz CT molecular complexity index is 336. The molecule has 0 aliphatic rings. The molecule has 0 amide bonds. The van der Waals surface area contributed by atoms with E-state index in [9.17, 15) is 14.4 Å². The predicted molar refractivity (Wildman–Crippen MR) is 65.0 cm³/mol. The van der Waals surface area contributed by atoms with Crippen molar-refractivity contribution in [3.05, 3.63) is 0 Å². The standard InChI is InChI=1S/C6H12O6.C4H7NO4/c7-1-3(9)5(11)6(12)4(10)2-8;5-2(4(8)9)1-3(6)7/h1,3-6,8-12H,2H2;2H,1,5H2,(H,6,7)(H,8,9)/t3-,4+,5+,6+;2-/m00/s1. The highest BCUT2D eigenvalue weighted by molar-refractivity contribution is 5.80. The summed E-state index contributed by atoms with van der Waals surface area (Å²) in [4.78, 5) is 29.5. The van der Waals surface area contributed by atoms with Crippen LogP contribution in [0.1, 0.15) is 6.42 Å². The van der Waals surface area contributed by atoms with Crippen molar-refractivity contribution in [3.63, 3.8) is 0 Å². The highest BCUT2D eigenvalue weighted by Crippen LogP contribution is 2.02. The monoisotopic (exact) mass is 313 g/mol. The second-order valence-corrected chi connectivity index (χ2v) is 3.90. The fraction of sp³-hybridized carbons (Fsp3) is 0.700. The van der Waals surface area contributed by atoms with Crippen molar-refractivity contribution in [2.75, 3.05) is 6.61 Å². The maximum absolute atomic E-state index is 9.90. The van der Waals surface area contributed by atoms with Gasteiger partial charge in [-0.2, -0.15) is 0 Å². The maximum atomic E-state index is 9.90. The molecule has 0 heterocycles. The number of aliphatic hydroxyl groups excluding tert-OH is 5. The average Bonchev–Trinajstić information content (AvgIpc) is 2.43. The van der Waals surface area contributed by atoms with Crippen LogP contribution in [-0.4, -0.2) is 91.0 Å². The number of rotatable bonds is 8. The Kier molecular flexibility index (Phi) is 11.4. The average molecular weight is 313 g/mol. The molecule has 0 spiro atoms. The lowest BCUT2D eigenvalue weighted by atomic mass is 10.0. The van der Waals surface area contributed by atoms with Crippen molar-refractivity contribution in [2.45, 2.75) is 36.9 Å². The Morgan fingerprint density at radius 3 is 1.76 bits per heavy atom. The van der Waals surface area contributed by atoms with Gasteiger partial charge < -0.3 is 46.3 Å². The van der Waals surface area contributed by atoms with Crippen LogP contribution in [0.15, 0.2) is 0 Å². The van der Waals surface area contributed by atoms with Crippen molar-refractivity contribution in [3.8, 4) is 0 Å². The number of carbonyl (C=O) groups excluding carboxylic acids is 1. The Morgan fingerprint density at radius 2 is 1.52 bits per heavy atom. The lowest BCUT2D eigenvalue weighted by molar-refractivity contribution is -0.144. The molecule has 0 aliphatic carbocycles. The SMILES string of the molecule is N[C@@H](CC(=O)O)C(=O)O.O=C[C@H](O)[C@@H](O)[C@H](O)[C@H](O)CO. The van der Waals surface area contributed by atoms with E-state index in [1.54, 1.807) is 0 Å². The largest absolute Gasteiger partial charge is 0.481 e. The first-order valence-electron chi connectivity index (χ1n) is 5.57. The van der Waals surface area contributed by atoms with Crippen molar-refractivity contribution in [1.82, 2.24) is 0 Å². The molecule has 0 saturated heterocycles. The highest BCUT2D eigenvalue weighted by Gasteiger charge is 2.29. The van der Waals surface area contributed by atoms with Gasteiger partial charge >= 0.3 is 11.9 Å². The highest BCUT2D eigenvalue weighted by atomic mass is 16.4. The summed E-state index contributed by atoms with van der Waals surface area (Å²) in [5.41, 5.74) is 4.84. The summed E-state index contributed by atoms with van der Waals surface area (Å²) in [6, 6.07) is -1.29. The van der Waals surface area contributed by atoms with Gasteiger partial charge in [-0.3, -0.25) is 9.59 Å². The van der Waals surface area contributed by atoms with Gasteiger partial charge in [0.2, 0.25) is 0 Å². The molecule has 0 unspecified atom stereocenters. The fourth-order valence-corrected chi connectivity index (χ4v) is 0.894. The molecule has 0 fully saturated rings. The molecule has 5 atom stereocenters. The number of carbonyl (C=O) groups is 3. The molecule has 11 heteroatoms. The van der Waals surface area contributed by atoms with Gasteiger partial charge in [0, 0.05) is 0 Å². The van der Waals surface area contributed by atoms with E-state index in [-0.39, 0.29) is 6.29 Å². The zero-order valence-corrected chi connectivity index (χ0v) is 10.8. The number of hydrogen-bond donors (Lipinski definition) is 8. The molecule has 124 valence electrons. The van der Waals surface area contributed by atoms with Gasteiger partial charge in [0.25, 0.3) is 0 Å². The third-order valence-corrected chi connectivity index (χ3v) is 2.13. The molecular formula is C10H19NO10. The van der Waals surface area contributed by atoms with Crippen LogP contribution in [-0.2, 0) is 14.4 Å². The molecule has 0 aromatic heterocycles. The van der Waals surface area contributed by atoms with Gasteiger partial charge in [-0.15, -0.1) is 0 Å². The van der Waals surface area contributed by atoms with Crippen LogP contribution in [0.4, 0.5) is 0 Å². The van der Waals surface area contributed by atoms with Crippen LogP contribution in [0.5, 0.6) is 0 Å². The van der Waals surface area contributed by atoms with E-state index >= 15 is 0 Å². The Morgan fingerprint density at radius 1 is 1.05 bits per heavy atom. The van der Waals surface area contributed by atoms with Gasteiger partial charge in [-0.1, -0.05) is 0 Å². The molecule has 0 aromatic rings. The third kappa shape index (κ3) is 9.84. The molecule has 21 heavy (non-hydrogen) atoms. The Labute approximate surface area is 118 Å². The van der Waals surface area contributed by atoms with Crippen LogP contribution in [0, 0.1) is 0 Å². The number of carboxylic acid groups (broad SMARTS) is 2. The minimum absolute atomic E-state index is 0.0258. The summed E-state index contributed by atoms with van der Waals surface area (Å²) in [6.07, 6.45) is -7.37. The number of aliphatic carboxylic acids is 2. The minimum atomic E-state index is -1.79. The summed E-state index contributed by atoms with van der Waals surface area (Å²) in [5.74, 6) is -2.50. The minimum Gasteiger partial charge on any atom is -0.481 e. The molecule has 0 saturated carbocycles. The Hall–Kier alpha value is -1.63. The first-order chi connectivity index (χ1) is 9.58. The summed E-state index contributed by atoms with van der Waals surface area (Å²) in [6.45, 7) is -0.760. The summed E-state index contributed by atoms with van der Waals surface area (Å²) >= 11 is 0. The summed E-state index contributed by atoms with van der Waals surface area (Å²) in [5, 5.41) is 59.6. The molecule has 11 nitrogen and oxygen atoms in total. The summed E-state index contributed by atoms with van der Waals surface area (Å²) in [7, 11) is 0.